The summed E-state index contributed by atoms with van der Waals surface area (Å²) in [6.07, 6.45) is 2.29. The van der Waals surface area contributed by atoms with Crippen LogP contribution in [0.5, 0.6) is 0 Å². The number of nitrogens with zero attached hydrogens (tertiary/aromatic N) is 1. The quantitative estimate of drug-likeness (QED) is 0.671. The fourth-order valence-corrected chi connectivity index (χ4v) is 3.03. The van der Waals surface area contributed by atoms with Gasteiger partial charge < -0.3 is 14.2 Å². The average molecular weight is 382 g/mol. The first-order chi connectivity index (χ1) is 12.8. The van der Waals surface area contributed by atoms with Crippen LogP contribution in [-0.2, 0) is 23.8 Å². The summed E-state index contributed by atoms with van der Waals surface area (Å²) >= 11 is 0. The van der Waals surface area contributed by atoms with Crippen molar-refractivity contribution in [3.8, 4) is 0 Å². The summed E-state index contributed by atoms with van der Waals surface area (Å²) in [6.45, 7) is 3.47. The highest BCUT2D eigenvalue weighted by Crippen LogP contribution is 2.33. The van der Waals surface area contributed by atoms with E-state index in [9.17, 15) is 19.2 Å². The van der Waals surface area contributed by atoms with Crippen LogP contribution in [0.3, 0.4) is 0 Å². The van der Waals surface area contributed by atoms with Gasteiger partial charge in [0.15, 0.2) is 0 Å². The van der Waals surface area contributed by atoms with Gasteiger partial charge in [0.05, 0.1) is 13.2 Å². The van der Waals surface area contributed by atoms with E-state index in [0.717, 1.165) is 0 Å². The molecular weight excluding hydrogens is 356 g/mol. The Kier molecular flexibility index (Phi) is 7.35. The number of aromatic nitrogens is 2. The third kappa shape index (κ3) is 5.53. The summed E-state index contributed by atoms with van der Waals surface area (Å²) in [5.41, 5.74) is -0.647. The number of aryl methyl sites for hydroxylation is 1. The first-order valence-corrected chi connectivity index (χ1v) is 9.09. The summed E-state index contributed by atoms with van der Waals surface area (Å²) in [5.74, 6) is -0.647. The van der Waals surface area contributed by atoms with Crippen molar-refractivity contribution < 1.29 is 23.8 Å². The normalized spacial score (nSPS) is 21.8. The van der Waals surface area contributed by atoms with Gasteiger partial charge in [0.25, 0.3) is 5.56 Å². The maximum atomic E-state index is 12.1. The van der Waals surface area contributed by atoms with Crippen LogP contribution in [0.1, 0.15) is 57.2 Å². The van der Waals surface area contributed by atoms with E-state index in [1.807, 2.05) is 6.92 Å². The number of hydrogen-bond donors (Lipinski definition) is 1. The van der Waals surface area contributed by atoms with Crippen molar-refractivity contribution in [1.82, 2.24) is 9.55 Å². The lowest BCUT2D eigenvalue weighted by atomic mass is 10.1. The monoisotopic (exact) mass is 382 g/mol. The van der Waals surface area contributed by atoms with Gasteiger partial charge in [-0.1, -0.05) is 6.92 Å². The van der Waals surface area contributed by atoms with Crippen LogP contribution in [-0.4, -0.2) is 40.8 Å². The summed E-state index contributed by atoms with van der Waals surface area (Å²) in [7, 11) is 1.32. The first kappa shape index (κ1) is 20.9. The number of carbonyl (C=O) groups is 2. The number of nitrogens with one attached hydrogen (secondary N) is 1. The lowest BCUT2D eigenvalue weighted by Crippen LogP contribution is -2.33. The predicted molar refractivity (Wildman–Crippen MR) is 95.2 cm³/mol. The second-order valence-corrected chi connectivity index (χ2v) is 6.59. The van der Waals surface area contributed by atoms with Gasteiger partial charge >= 0.3 is 17.6 Å². The molecule has 1 saturated heterocycles. The van der Waals surface area contributed by atoms with Crippen LogP contribution >= 0.6 is 0 Å². The number of rotatable bonds is 8. The van der Waals surface area contributed by atoms with Crippen LogP contribution in [0.4, 0.5) is 0 Å². The Balaban J connectivity index is 2.13. The minimum atomic E-state index is -0.657. The standard InChI is InChI=1S/C18H26N2O7/c1-4-6-16(22)27-13-9-14(20-10-11(2)17(23)19-18(20)24)26-12(13)7-5-8-15(21)25-3/h10,12-14H,4-9H2,1-3H3,(H,19,23,24)/t12-,13+,14-/m1/s1. The van der Waals surface area contributed by atoms with Crippen molar-refractivity contribution in [3.05, 3.63) is 32.6 Å². The Morgan fingerprint density at radius 2 is 2.04 bits per heavy atom. The maximum absolute atomic E-state index is 12.1. The van der Waals surface area contributed by atoms with Crippen LogP contribution < -0.4 is 11.2 Å². The molecule has 0 unspecified atom stereocenters. The molecule has 1 fully saturated rings. The maximum Gasteiger partial charge on any atom is 0.330 e. The molecule has 0 aromatic carbocycles. The summed E-state index contributed by atoms with van der Waals surface area (Å²) in [6, 6.07) is 0. The molecule has 0 radical (unpaired) electrons. The highest BCUT2D eigenvalue weighted by molar-refractivity contribution is 5.69. The van der Waals surface area contributed by atoms with E-state index in [0.29, 0.717) is 37.7 Å². The minimum Gasteiger partial charge on any atom is -0.469 e. The molecule has 2 heterocycles. The van der Waals surface area contributed by atoms with Crippen LogP contribution in [0.2, 0.25) is 0 Å². The topological polar surface area (TPSA) is 117 Å². The first-order valence-electron chi connectivity index (χ1n) is 9.09. The van der Waals surface area contributed by atoms with Gasteiger partial charge in [-0.2, -0.15) is 0 Å². The second kappa shape index (κ2) is 9.50. The van der Waals surface area contributed by atoms with Crippen molar-refractivity contribution >= 4 is 11.9 Å². The fourth-order valence-electron chi connectivity index (χ4n) is 3.03. The van der Waals surface area contributed by atoms with Crippen molar-refractivity contribution in [2.24, 2.45) is 0 Å². The fraction of sp³-hybridized carbons (Fsp3) is 0.667. The van der Waals surface area contributed by atoms with E-state index in [1.165, 1.54) is 17.9 Å². The van der Waals surface area contributed by atoms with Crippen LogP contribution in [0.25, 0.3) is 0 Å². The molecule has 1 aliphatic rings. The molecule has 1 aliphatic heterocycles. The smallest absolute Gasteiger partial charge is 0.330 e. The van der Waals surface area contributed by atoms with Gasteiger partial charge in [0.1, 0.15) is 12.3 Å². The Morgan fingerprint density at radius 3 is 2.70 bits per heavy atom. The van der Waals surface area contributed by atoms with Crippen LogP contribution in [0.15, 0.2) is 15.8 Å². The largest absolute Gasteiger partial charge is 0.469 e. The average Bonchev–Trinajstić information content (AvgIpc) is 3.00. The molecule has 0 amide bonds. The summed E-state index contributed by atoms with van der Waals surface area (Å²) in [4.78, 5) is 49.1. The summed E-state index contributed by atoms with van der Waals surface area (Å²) in [5, 5.41) is 0. The molecule has 1 aromatic rings. The van der Waals surface area contributed by atoms with Crippen molar-refractivity contribution in [2.45, 2.75) is 70.8 Å². The molecule has 150 valence electrons. The van der Waals surface area contributed by atoms with Gasteiger partial charge in [0.2, 0.25) is 0 Å². The zero-order valence-corrected chi connectivity index (χ0v) is 15.9. The number of carbonyl (C=O) groups excluding carboxylic acids is 2. The summed E-state index contributed by atoms with van der Waals surface area (Å²) < 4.78 is 17.4. The number of hydrogen-bond acceptors (Lipinski definition) is 7. The van der Waals surface area contributed by atoms with Crippen molar-refractivity contribution in [3.63, 3.8) is 0 Å². The molecule has 0 aliphatic carbocycles. The number of ether oxygens (including phenoxy) is 3. The predicted octanol–water partition coefficient (Wildman–Crippen LogP) is 1.19. The van der Waals surface area contributed by atoms with Crippen molar-refractivity contribution in [1.29, 1.82) is 0 Å². The van der Waals surface area contributed by atoms with E-state index < -0.39 is 29.7 Å². The Morgan fingerprint density at radius 1 is 1.30 bits per heavy atom. The molecule has 1 N–H and O–H groups in total. The molecule has 3 atom stereocenters. The molecule has 1 aromatic heterocycles. The minimum absolute atomic E-state index is 0.231. The molecule has 0 saturated carbocycles. The molecule has 27 heavy (non-hydrogen) atoms. The van der Waals surface area contributed by atoms with Crippen LogP contribution in [0, 0.1) is 6.92 Å². The third-order valence-corrected chi connectivity index (χ3v) is 4.47. The molecule has 0 spiro atoms. The second-order valence-electron chi connectivity index (χ2n) is 6.59. The SMILES string of the molecule is CCCC(=O)O[C@H]1C[C@H](n2cc(C)c(=O)[nH]c2=O)O[C@@H]1CCCC(=O)OC. The zero-order chi connectivity index (χ0) is 20.0. The molecule has 9 nitrogen and oxygen atoms in total. The van der Waals surface area contributed by atoms with E-state index in [1.54, 1.807) is 6.92 Å². The molecule has 9 heteroatoms. The van der Waals surface area contributed by atoms with Gasteiger partial charge in [-0.25, -0.2) is 4.79 Å². The Bertz CT molecular complexity index is 783. The number of aromatic amines is 1. The van der Waals surface area contributed by atoms with Crippen molar-refractivity contribution in [2.75, 3.05) is 7.11 Å². The highest BCUT2D eigenvalue weighted by atomic mass is 16.6. The van der Waals surface area contributed by atoms with E-state index in [4.69, 9.17) is 9.47 Å². The van der Waals surface area contributed by atoms with Gasteiger partial charge in [0, 0.05) is 31.0 Å². The number of methoxy groups -OCH3 is 1. The Labute approximate surface area is 156 Å². The molecular formula is C18H26N2O7. The number of H-pyrrole nitrogens is 1. The van der Waals surface area contributed by atoms with Gasteiger partial charge in [-0.05, 0) is 26.2 Å². The van der Waals surface area contributed by atoms with E-state index in [2.05, 4.69) is 9.72 Å². The van der Waals surface area contributed by atoms with Gasteiger partial charge in [-0.15, -0.1) is 0 Å². The van der Waals surface area contributed by atoms with E-state index in [-0.39, 0.29) is 18.4 Å². The molecule has 0 bridgehead atoms. The zero-order valence-electron chi connectivity index (χ0n) is 15.9. The third-order valence-electron chi connectivity index (χ3n) is 4.47. The van der Waals surface area contributed by atoms with E-state index >= 15 is 0 Å². The number of esters is 2. The van der Waals surface area contributed by atoms with Gasteiger partial charge in [-0.3, -0.25) is 23.9 Å². The lowest BCUT2D eigenvalue weighted by molar-refractivity contribution is -0.152. The molecule has 2 rings (SSSR count). The highest BCUT2D eigenvalue weighted by Gasteiger charge is 2.39. The Hall–Kier alpha value is -2.42. The lowest BCUT2D eigenvalue weighted by Gasteiger charge is -2.18.